The van der Waals surface area contributed by atoms with Crippen LogP contribution in [0.1, 0.15) is 17.5 Å². The van der Waals surface area contributed by atoms with Gasteiger partial charge in [0.1, 0.15) is 0 Å². The van der Waals surface area contributed by atoms with Crippen LogP contribution in [0.2, 0.25) is 0 Å². The highest BCUT2D eigenvalue weighted by Gasteiger charge is 2.47. The normalized spacial score (nSPS) is 26.6. The van der Waals surface area contributed by atoms with Crippen LogP contribution in [0, 0.1) is 18.3 Å². The third-order valence-corrected chi connectivity index (χ3v) is 5.59. The molecule has 0 amide bonds. The van der Waals surface area contributed by atoms with E-state index in [1.165, 1.54) is 5.56 Å². The third-order valence-electron chi connectivity index (χ3n) is 5.59. The van der Waals surface area contributed by atoms with Gasteiger partial charge >= 0.3 is 0 Å². The minimum Gasteiger partial charge on any atom is -0.396 e. The van der Waals surface area contributed by atoms with Crippen molar-refractivity contribution in [3.8, 4) is 11.4 Å². The molecule has 0 unspecified atom stereocenters. The summed E-state index contributed by atoms with van der Waals surface area (Å²) in [6.07, 6.45) is 4.89. The van der Waals surface area contributed by atoms with Crippen LogP contribution < -0.4 is 0 Å². The minimum atomic E-state index is -0.0827. The number of aromatic nitrogens is 2. The maximum Gasteiger partial charge on any atom is 0.159 e. The Morgan fingerprint density at radius 2 is 2.16 bits per heavy atom. The molecule has 0 bridgehead atoms. The second-order valence-corrected chi connectivity index (χ2v) is 7.51. The van der Waals surface area contributed by atoms with Crippen LogP contribution in [0.5, 0.6) is 0 Å². The molecular weight excluding hydrogens is 314 g/mol. The summed E-state index contributed by atoms with van der Waals surface area (Å²) in [5.74, 6) is 1.29. The van der Waals surface area contributed by atoms with Gasteiger partial charge in [-0.3, -0.25) is 4.90 Å². The Bertz CT molecular complexity index is 734. The van der Waals surface area contributed by atoms with E-state index in [1.807, 2.05) is 24.5 Å². The summed E-state index contributed by atoms with van der Waals surface area (Å²) in [5.41, 5.74) is 3.29. The zero-order chi connectivity index (χ0) is 17.3. The number of aliphatic hydroxyl groups is 1. The lowest BCUT2D eigenvalue weighted by Gasteiger charge is -2.36. The Labute approximate surface area is 148 Å². The third kappa shape index (κ3) is 3.32. The molecule has 2 aliphatic rings. The maximum absolute atomic E-state index is 9.89. The van der Waals surface area contributed by atoms with Gasteiger partial charge in [-0.15, -0.1) is 0 Å². The lowest BCUT2D eigenvalue weighted by Crippen LogP contribution is -2.42. The van der Waals surface area contributed by atoms with Crippen molar-refractivity contribution in [1.82, 2.24) is 14.9 Å². The predicted octanol–water partition coefficient (Wildman–Crippen LogP) is 2.28. The molecule has 0 aliphatic carbocycles. The maximum atomic E-state index is 9.89. The molecule has 2 saturated heterocycles. The van der Waals surface area contributed by atoms with Crippen LogP contribution in [0.3, 0.4) is 0 Å². The topological polar surface area (TPSA) is 58.5 Å². The summed E-state index contributed by atoms with van der Waals surface area (Å²) in [4.78, 5) is 11.5. The smallest absolute Gasteiger partial charge is 0.159 e. The first-order valence-electron chi connectivity index (χ1n) is 8.97. The molecule has 2 atom stereocenters. The van der Waals surface area contributed by atoms with Gasteiger partial charge in [0.15, 0.2) is 5.82 Å². The van der Waals surface area contributed by atoms with Crippen LogP contribution >= 0.6 is 0 Å². The second-order valence-electron chi connectivity index (χ2n) is 7.51. The van der Waals surface area contributed by atoms with Gasteiger partial charge in [-0.1, -0.05) is 23.8 Å². The number of fused-ring (bicyclic) bond motifs is 1. The predicted molar refractivity (Wildman–Crippen MR) is 95.9 cm³/mol. The number of benzene rings is 1. The van der Waals surface area contributed by atoms with E-state index in [4.69, 9.17) is 4.74 Å². The number of likely N-dealkylation sites (tertiary alicyclic amines) is 1. The van der Waals surface area contributed by atoms with E-state index < -0.39 is 0 Å². The Kier molecular flexibility index (Phi) is 4.54. The number of aliphatic hydroxyl groups excluding tert-OH is 1. The summed E-state index contributed by atoms with van der Waals surface area (Å²) >= 11 is 0. The Hall–Kier alpha value is -1.82. The number of hydrogen-bond acceptors (Lipinski definition) is 5. The standard InChI is InChI=1S/C20H25N3O2/c1-15-3-2-4-17(7-15)19-21-8-16(9-22-19)10-23-11-18-5-6-25-14-20(18,12-23)13-24/h2-4,7-9,18,24H,5-6,10-14H2,1H3/t18-,20+/m0/s1. The molecule has 0 spiro atoms. The number of rotatable bonds is 4. The number of aryl methyl sites for hydroxylation is 1. The van der Waals surface area contributed by atoms with Gasteiger partial charge in [0, 0.05) is 55.2 Å². The highest BCUT2D eigenvalue weighted by Crippen LogP contribution is 2.41. The van der Waals surface area contributed by atoms with Gasteiger partial charge in [0.25, 0.3) is 0 Å². The van der Waals surface area contributed by atoms with Crippen molar-refractivity contribution in [3.63, 3.8) is 0 Å². The van der Waals surface area contributed by atoms with Crippen molar-refractivity contribution in [2.24, 2.45) is 11.3 Å². The van der Waals surface area contributed by atoms with Crippen LogP contribution in [0.4, 0.5) is 0 Å². The van der Waals surface area contributed by atoms with Gasteiger partial charge in [-0.05, 0) is 25.3 Å². The fraction of sp³-hybridized carbons (Fsp3) is 0.500. The lowest BCUT2D eigenvalue weighted by atomic mass is 9.76. The molecule has 4 rings (SSSR count). The Balaban J connectivity index is 1.45. The van der Waals surface area contributed by atoms with Crippen molar-refractivity contribution >= 4 is 0 Å². The zero-order valence-electron chi connectivity index (χ0n) is 14.7. The second kappa shape index (κ2) is 6.83. The summed E-state index contributed by atoms with van der Waals surface area (Å²) < 4.78 is 5.64. The van der Waals surface area contributed by atoms with Crippen LogP contribution in [-0.4, -0.2) is 52.9 Å². The number of hydrogen-bond donors (Lipinski definition) is 1. The van der Waals surface area contributed by atoms with E-state index in [-0.39, 0.29) is 12.0 Å². The quantitative estimate of drug-likeness (QED) is 0.926. The van der Waals surface area contributed by atoms with Crippen molar-refractivity contribution in [3.05, 3.63) is 47.8 Å². The van der Waals surface area contributed by atoms with E-state index in [0.29, 0.717) is 12.5 Å². The van der Waals surface area contributed by atoms with E-state index in [0.717, 1.165) is 49.6 Å². The highest BCUT2D eigenvalue weighted by atomic mass is 16.5. The largest absolute Gasteiger partial charge is 0.396 e. The fourth-order valence-electron chi connectivity index (χ4n) is 4.18. The first-order chi connectivity index (χ1) is 12.2. The van der Waals surface area contributed by atoms with Gasteiger partial charge in [0.05, 0.1) is 13.2 Å². The lowest BCUT2D eigenvalue weighted by molar-refractivity contribution is -0.0561. The number of nitrogens with zero attached hydrogens (tertiary/aromatic N) is 3. The summed E-state index contributed by atoms with van der Waals surface area (Å²) in [6, 6.07) is 8.25. The summed E-state index contributed by atoms with van der Waals surface area (Å²) in [6.45, 7) is 6.49. The highest BCUT2D eigenvalue weighted by molar-refractivity contribution is 5.55. The molecule has 1 aromatic carbocycles. The SMILES string of the molecule is Cc1cccc(-c2ncc(CN3C[C@@H]4CCOC[C@]4(CO)C3)cn2)c1. The molecule has 5 nitrogen and oxygen atoms in total. The van der Waals surface area contributed by atoms with Gasteiger partial charge in [0.2, 0.25) is 0 Å². The van der Waals surface area contributed by atoms with Gasteiger partial charge in [-0.25, -0.2) is 9.97 Å². The molecule has 0 radical (unpaired) electrons. The average Bonchev–Trinajstić information content (AvgIpc) is 3.01. The molecule has 2 aliphatic heterocycles. The Morgan fingerprint density at radius 1 is 1.32 bits per heavy atom. The molecule has 1 N–H and O–H groups in total. The molecule has 1 aromatic heterocycles. The first kappa shape index (κ1) is 16.6. The van der Waals surface area contributed by atoms with Crippen molar-refractivity contribution < 1.29 is 9.84 Å². The van der Waals surface area contributed by atoms with Crippen LogP contribution in [0.25, 0.3) is 11.4 Å². The average molecular weight is 339 g/mol. The zero-order valence-corrected chi connectivity index (χ0v) is 14.7. The van der Waals surface area contributed by atoms with E-state index in [1.54, 1.807) is 0 Å². The minimum absolute atomic E-state index is 0.0827. The van der Waals surface area contributed by atoms with Gasteiger partial charge < -0.3 is 9.84 Å². The van der Waals surface area contributed by atoms with Crippen molar-refractivity contribution in [2.75, 3.05) is 32.9 Å². The fourth-order valence-corrected chi connectivity index (χ4v) is 4.18. The number of ether oxygens (including phenoxy) is 1. The molecular formula is C20H25N3O2. The summed E-state index contributed by atoms with van der Waals surface area (Å²) in [5, 5.41) is 9.89. The molecule has 25 heavy (non-hydrogen) atoms. The molecule has 2 fully saturated rings. The molecule has 3 heterocycles. The Morgan fingerprint density at radius 3 is 2.88 bits per heavy atom. The van der Waals surface area contributed by atoms with Gasteiger partial charge in [-0.2, -0.15) is 0 Å². The summed E-state index contributed by atoms with van der Waals surface area (Å²) in [7, 11) is 0. The van der Waals surface area contributed by atoms with E-state index >= 15 is 0 Å². The first-order valence-corrected chi connectivity index (χ1v) is 8.97. The monoisotopic (exact) mass is 339 g/mol. The molecule has 0 saturated carbocycles. The van der Waals surface area contributed by atoms with E-state index in [9.17, 15) is 5.11 Å². The molecule has 5 heteroatoms. The molecule has 2 aromatic rings. The van der Waals surface area contributed by atoms with E-state index in [2.05, 4.69) is 33.9 Å². The van der Waals surface area contributed by atoms with Crippen LogP contribution in [-0.2, 0) is 11.3 Å². The van der Waals surface area contributed by atoms with Crippen molar-refractivity contribution in [2.45, 2.75) is 19.9 Å². The molecule has 132 valence electrons. The van der Waals surface area contributed by atoms with Crippen molar-refractivity contribution in [1.29, 1.82) is 0 Å². The van der Waals surface area contributed by atoms with Crippen LogP contribution in [0.15, 0.2) is 36.7 Å².